The van der Waals surface area contributed by atoms with Gasteiger partial charge in [0, 0.05) is 71.9 Å². The molecule has 194 valence electrons. The molecule has 3 fully saturated rings. The summed E-state index contributed by atoms with van der Waals surface area (Å²) < 4.78 is 11.0. The molecule has 4 heterocycles. The predicted octanol–water partition coefficient (Wildman–Crippen LogP) is 2.07. The van der Waals surface area contributed by atoms with E-state index < -0.39 is 0 Å². The van der Waals surface area contributed by atoms with E-state index in [-0.39, 0.29) is 5.91 Å². The molecule has 1 atom stereocenters. The largest absolute Gasteiger partial charge is 0.497 e. The van der Waals surface area contributed by atoms with Gasteiger partial charge in [0.15, 0.2) is 11.6 Å². The second-order valence-electron chi connectivity index (χ2n) is 9.89. The van der Waals surface area contributed by atoms with Crippen molar-refractivity contribution in [1.82, 2.24) is 20.0 Å². The third-order valence-corrected chi connectivity index (χ3v) is 7.56. The third kappa shape index (κ3) is 6.25. The molecule has 0 saturated carbocycles. The average Bonchev–Trinajstić information content (AvgIpc) is 3.46. The fourth-order valence-corrected chi connectivity index (χ4v) is 5.28. The van der Waals surface area contributed by atoms with Gasteiger partial charge in [-0.05, 0) is 49.1 Å². The van der Waals surface area contributed by atoms with Gasteiger partial charge in [-0.3, -0.25) is 9.69 Å². The Morgan fingerprint density at radius 1 is 0.917 bits per heavy atom. The molecule has 0 N–H and O–H groups in total. The zero-order chi connectivity index (χ0) is 24.7. The minimum absolute atomic E-state index is 0.213. The van der Waals surface area contributed by atoms with Gasteiger partial charge in [0.1, 0.15) is 5.75 Å². The van der Waals surface area contributed by atoms with Gasteiger partial charge in [0.05, 0.1) is 13.2 Å². The van der Waals surface area contributed by atoms with Crippen LogP contribution in [-0.4, -0.2) is 105 Å². The van der Waals surface area contributed by atoms with E-state index in [1.54, 1.807) is 7.11 Å². The van der Waals surface area contributed by atoms with Gasteiger partial charge in [0.2, 0.25) is 5.91 Å². The number of hydrogen-bond donors (Lipinski definition) is 0. The molecule has 1 amide bonds. The zero-order valence-electron chi connectivity index (χ0n) is 21.3. The van der Waals surface area contributed by atoms with Crippen LogP contribution >= 0.6 is 0 Å². The summed E-state index contributed by atoms with van der Waals surface area (Å²) in [7, 11) is 1.66. The van der Waals surface area contributed by atoms with Gasteiger partial charge >= 0.3 is 0 Å². The quantitative estimate of drug-likeness (QED) is 0.552. The van der Waals surface area contributed by atoms with Gasteiger partial charge < -0.3 is 24.2 Å². The number of carbonyl (C=O) groups is 1. The molecule has 5 rings (SSSR count). The Morgan fingerprint density at radius 2 is 1.56 bits per heavy atom. The second kappa shape index (κ2) is 11.9. The SMILES string of the molecule is COc1ccc(CCC(=O)N2CCN(c3ccc(N4CCN(CC5CCCO5)CC4)nn3)CC2)cc1. The van der Waals surface area contributed by atoms with Crippen molar-refractivity contribution in [2.75, 3.05) is 82.4 Å². The Balaban J connectivity index is 1.04. The lowest BCUT2D eigenvalue weighted by atomic mass is 10.1. The third-order valence-electron chi connectivity index (χ3n) is 7.56. The molecule has 0 spiro atoms. The topological polar surface area (TPSA) is 74.3 Å². The van der Waals surface area contributed by atoms with Gasteiger partial charge in [0.25, 0.3) is 0 Å². The van der Waals surface area contributed by atoms with Crippen LogP contribution in [0, 0.1) is 0 Å². The lowest BCUT2D eigenvalue weighted by Gasteiger charge is -2.37. The number of hydrogen-bond acceptors (Lipinski definition) is 8. The minimum atomic E-state index is 0.213. The van der Waals surface area contributed by atoms with Crippen LogP contribution in [0.3, 0.4) is 0 Å². The van der Waals surface area contributed by atoms with Crippen LogP contribution < -0.4 is 14.5 Å². The summed E-state index contributed by atoms with van der Waals surface area (Å²) >= 11 is 0. The molecule has 9 heteroatoms. The Hall–Kier alpha value is -2.91. The van der Waals surface area contributed by atoms with E-state index >= 15 is 0 Å². The van der Waals surface area contributed by atoms with Crippen molar-refractivity contribution in [3.05, 3.63) is 42.0 Å². The molecule has 0 radical (unpaired) electrons. The highest BCUT2D eigenvalue weighted by molar-refractivity contribution is 5.76. The summed E-state index contributed by atoms with van der Waals surface area (Å²) in [6.45, 7) is 8.99. The molecule has 2 aromatic rings. The number of ether oxygens (including phenoxy) is 2. The molecule has 0 aliphatic carbocycles. The van der Waals surface area contributed by atoms with E-state index in [9.17, 15) is 4.79 Å². The lowest BCUT2D eigenvalue weighted by molar-refractivity contribution is -0.131. The number of aryl methyl sites for hydroxylation is 1. The van der Waals surface area contributed by atoms with Crippen LogP contribution in [0.2, 0.25) is 0 Å². The molecule has 3 aliphatic rings. The number of carbonyl (C=O) groups excluding carboxylic acids is 1. The predicted molar refractivity (Wildman–Crippen MR) is 140 cm³/mol. The number of methoxy groups -OCH3 is 1. The summed E-state index contributed by atoms with van der Waals surface area (Å²) in [5, 5.41) is 9.06. The minimum Gasteiger partial charge on any atom is -0.497 e. The monoisotopic (exact) mass is 494 g/mol. The summed E-state index contributed by atoms with van der Waals surface area (Å²) in [5.74, 6) is 2.89. The Morgan fingerprint density at radius 3 is 2.11 bits per heavy atom. The maximum atomic E-state index is 12.7. The first-order chi connectivity index (χ1) is 17.7. The summed E-state index contributed by atoms with van der Waals surface area (Å²) in [4.78, 5) is 21.7. The lowest BCUT2D eigenvalue weighted by Crippen LogP contribution is -2.49. The van der Waals surface area contributed by atoms with Crippen LogP contribution in [-0.2, 0) is 16.0 Å². The second-order valence-corrected chi connectivity index (χ2v) is 9.89. The van der Waals surface area contributed by atoms with Crippen LogP contribution in [0.25, 0.3) is 0 Å². The number of aromatic nitrogens is 2. The number of nitrogens with zero attached hydrogens (tertiary/aromatic N) is 6. The number of piperazine rings is 2. The molecule has 3 aliphatic heterocycles. The summed E-state index contributed by atoms with van der Waals surface area (Å²) in [6, 6.07) is 12.1. The van der Waals surface area contributed by atoms with Gasteiger partial charge in [-0.1, -0.05) is 12.1 Å². The highest BCUT2D eigenvalue weighted by atomic mass is 16.5. The van der Waals surface area contributed by atoms with Gasteiger partial charge in [-0.15, -0.1) is 10.2 Å². The van der Waals surface area contributed by atoms with E-state index in [4.69, 9.17) is 9.47 Å². The van der Waals surface area contributed by atoms with E-state index in [1.807, 2.05) is 29.2 Å². The van der Waals surface area contributed by atoms with Gasteiger partial charge in [-0.2, -0.15) is 0 Å². The maximum absolute atomic E-state index is 12.7. The van der Waals surface area contributed by atoms with E-state index in [2.05, 4.69) is 37.0 Å². The molecule has 36 heavy (non-hydrogen) atoms. The number of amides is 1. The van der Waals surface area contributed by atoms with Crippen molar-refractivity contribution in [1.29, 1.82) is 0 Å². The maximum Gasteiger partial charge on any atom is 0.223 e. The van der Waals surface area contributed by atoms with Crippen molar-refractivity contribution in [2.24, 2.45) is 0 Å². The molecular weight excluding hydrogens is 456 g/mol. The highest BCUT2D eigenvalue weighted by Gasteiger charge is 2.25. The number of rotatable bonds is 8. The van der Waals surface area contributed by atoms with Crippen molar-refractivity contribution in [3.8, 4) is 5.75 Å². The Labute approximate surface area is 214 Å². The number of benzene rings is 1. The highest BCUT2D eigenvalue weighted by Crippen LogP contribution is 2.20. The summed E-state index contributed by atoms with van der Waals surface area (Å²) in [5.41, 5.74) is 1.15. The van der Waals surface area contributed by atoms with E-state index in [0.717, 1.165) is 94.9 Å². The van der Waals surface area contributed by atoms with Crippen LogP contribution in [0.15, 0.2) is 36.4 Å². The number of anilines is 2. The molecule has 3 saturated heterocycles. The fraction of sp³-hybridized carbons (Fsp3) is 0.593. The first-order valence-corrected chi connectivity index (χ1v) is 13.3. The van der Waals surface area contributed by atoms with Crippen molar-refractivity contribution in [3.63, 3.8) is 0 Å². The van der Waals surface area contributed by atoms with Crippen molar-refractivity contribution in [2.45, 2.75) is 31.8 Å². The summed E-state index contributed by atoms with van der Waals surface area (Å²) in [6.07, 6.45) is 4.09. The Bertz CT molecular complexity index is 964. The van der Waals surface area contributed by atoms with Crippen molar-refractivity contribution >= 4 is 17.5 Å². The Kier molecular flexibility index (Phi) is 8.18. The molecule has 1 aromatic heterocycles. The fourth-order valence-electron chi connectivity index (χ4n) is 5.28. The molecule has 1 aromatic carbocycles. The standard InChI is InChI=1S/C27H38N6O3/c1-35-23-7-4-22(5-8-23)6-11-27(34)33-18-16-32(17-19-33)26-10-9-25(28-29-26)31-14-12-30(13-15-31)21-24-3-2-20-36-24/h4-5,7-10,24H,2-3,6,11-21H2,1H3. The van der Waals surface area contributed by atoms with Crippen LogP contribution in [0.5, 0.6) is 5.75 Å². The first kappa shape index (κ1) is 24.8. The van der Waals surface area contributed by atoms with Gasteiger partial charge in [-0.25, -0.2) is 0 Å². The van der Waals surface area contributed by atoms with Crippen molar-refractivity contribution < 1.29 is 14.3 Å². The normalized spacial score (nSPS) is 21.1. The molecule has 1 unspecified atom stereocenters. The first-order valence-electron chi connectivity index (χ1n) is 13.3. The molecular formula is C27H38N6O3. The van der Waals surface area contributed by atoms with E-state index in [1.165, 1.54) is 12.8 Å². The smallest absolute Gasteiger partial charge is 0.223 e. The van der Waals surface area contributed by atoms with Crippen LogP contribution in [0.4, 0.5) is 11.6 Å². The molecule has 9 nitrogen and oxygen atoms in total. The zero-order valence-corrected chi connectivity index (χ0v) is 21.3. The molecule has 0 bridgehead atoms. The van der Waals surface area contributed by atoms with Crippen LogP contribution in [0.1, 0.15) is 24.8 Å². The average molecular weight is 495 g/mol. The van der Waals surface area contributed by atoms with E-state index in [0.29, 0.717) is 12.5 Å².